The number of methoxy groups -OCH3 is 1. The van der Waals surface area contributed by atoms with Crippen LogP contribution in [-0.2, 0) is 21.1 Å². The highest BCUT2D eigenvalue weighted by molar-refractivity contribution is 7.91. The highest BCUT2D eigenvalue weighted by Gasteiger charge is 2.28. The number of rotatable bonds is 7. The molecule has 1 amide bonds. The first-order valence-electron chi connectivity index (χ1n) is 12.7. The molecule has 1 atom stereocenters. The van der Waals surface area contributed by atoms with Gasteiger partial charge in [0.25, 0.3) is 0 Å². The molecule has 6 rings (SSSR count). The molecule has 3 heterocycles. The Balaban J connectivity index is 1.18. The molecule has 0 aliphatic carbocycles. The number of hydrogen-bond acceptors (Lipinski definition) is 8. The second kappa shape index (κ2) is 10.3. The number of ether oxygens (including phenoxy) is 1. The molecule has 0 saturated heterocycles. The third-order valence-electron chi connectivity index (χ3n) is 6.93. The second-order valence-corrected chi connectivity index (χ2v) is 11.7. The molecule has 0 spiro atoms. The summed E-state index contributed by atoms with van der Waals surface area (Å²) in [4.78, 5) is 17.4. The van der Waals surface area contributed by atoms with E-state index in [2.05, 4.69) is 20.7 Å². The van der Waals surface area contributed by atoms with Gasteiger partial charge in [0.2, 0.25) is 11.9 Å². The third kappa shape index (κ3) is 5.22. The van der Waals surface area contributed by atoms with Crippen LogP contribution in [0.4, 0.5) is 21.7 Å². The lowest BCUT2D eigenvalue weighted by Gasteiger charge is -2.13. The van der Waals surface area contributed by atoms with E-state index in [1.165, 1.54) is 37.4 Å². The molecule has 10 nitrogen and oxygen atoms in total. The number of amides is 1. The molecule has 5 aromatic rings. The normalized spacial score (nSPS) is 14.4. The Hall–Kier alpha value is -4.81. The maximum atomic E-state index is 13.2. The summed E-state index contributed by atoms with van der Waals surface area (Å²) in [6.45, 7) is 0. The molecule has 0 bridgehead atoms. The molecule has 0 radical (unpaired) electrons. The van der Waals surface area contributed by atoms with Gasteiger partial charge in [-0.3, -0.25) is 4.79 Å². The molecule has 2 aromatic heterocycles. The van der Waals surface area contributed by atoms with Gasteiger partial charge < -0.3 is 21.1 Å². The van der Waals surface area contributed by atoms with E-state index >= 15 is 0 Å². The molecule has 12 heteroatoms. The van der Waals surface area contributed by atoms with Crippen LogP contribution in [0.5, 0.6) is 5.75 Å². The molecule has 3 aromatic carbocycles. The van der Waals surface area contributed by atoms with Crippen molar-refractivity contribution >= 4 is 38.7 Å². The fraction of sp³-hybridized carbons (Fsp3) is 0.138. The minimum Gasteiger partial charge on any atom is -0.495 e. The standard InChI is InChI=1S/C29H25FN6O4S/c1-40-24-15-25-19(12-13-41(25,38)39)14-23(24)33-29-34-26-11-6-20(16-36(26)35-29)17-4-9-22(10-5-17)32-28(37)27(31)18-2-7-21(30)8-3-18/h2-11,14-16,27H,12-13,31H2,1H3,(H,32,37)(H,33,35)/t27-/m1/s1. The van der Waals surface area contributed by atoms with Crippen LogP contribution >= 0.6 is 0 Å². The Morgan fingerprint density at radius 1 is 1.05 bits per heavy atom. The van der Waals surface area contributed by atoms with Gasteiger partial charge in [-0.25, -0.2) is 17.3 Å². The van der Waals surface area contributed by atoms with E-state index < -0.39 is 27.6 Å². The minimum absolute atomic E-state index is 0.0845. The van der Waals surface area contributed by atoms with Crippen LogP contribution in [0.2, 0.25) is 0 Å². The molecule has 41 heavy (non-hydrogen) atoms. The number of anilines is 3. The average molecular weight is 573 g/mol. The van der Waals surface area contributed by atoms with Gasteiger partial charge in [0.1, 0.15) is 17.6 Å². The summed E-state index contributed by atoms with van der Waals surface area (Å²) in [7, 11) is -1.81. The number of aromatic nitrogens is 3. The zero-order valence-corrected chi connectivity index (χ0v) is 22.7. The van der Waals surface area contributed by atoms with E-state index in [9.17, 15) is 17.6 Å². The van der Waals surface area contributed by atoms with Gasteiger partial charge in [-0.2, -0.15) is 4.98 Å². The zero-order chi connectivity index (χ0) is 28.7. The van der Waals surface area contributed by atoms with Crippen molar-refractivity contribution in [3.8, 4) is 16.9 Å². The number of nitrogens with two attached hydrogens (primary N) is 1. The van der Waals surface area contributed by atoms with E-state index in [4.69, 9.17) is 10.5 Å². The second-order valence-electron chi connectivity index (χ2n) is 9.61. The van der Waals surface area contributed by atoms with Gasteiger partial charge in [-0.15, -0.1) is 5.10 Å². The fourth-order valence-corrected chi connectivity index (χ4v) is 6.28. The van der Waals surface area contributed by atoms with Crippen molar-refractivity contribution in [2.45, 2.75) is 17.4 Å². The first-order valence-corrected chi connectivity index (χ1v) is 14.3. The van der Waals surface area contributed by atoms with Crippen LogP contribution in [0, 0.1) is 5.82 Å². The van der Waals surface area contributed by atoms with Gasteiger partial charge in [0.05, 0.1) is 23.4 Å². The van der Waals surface area contributed by atoms with Gasteiger partial charge in [-0.1, -0.05) is 24.3 Å². The Morgan fingerprint density at radius 3 is 2.51 bits per heavy atom. The molecular formula is C29H25FN6O4S. The molecule has 0 fully saturated rings. The molecule has 4 N–H and O–H groups in total. The number of fused-ring (bicyclic) bond motifs is 2. The van der Waals surface area contributed by atoms with Crippen molar-refractivity contribution in [1.29, 1.82) is 0 Å². The zero-order valence-electron chi connectivity index (χ0n) is 21.8. The molecule has 1 aliphatic rings. The fourth-order valence-electron chi connectivity index (χ4n) is 4.73. The summed E-state index contributed by atoms with van der Waals surface area (Å²) in [5, 5.41) is 10.5. The lowest BCUT2D eigenvalue weighted by molar-refractivity contribution is -0.117. The van der Waals surface area contributed by atoms with Crippen LogP contribution in [-0.4, -0.2) is 41.8 Å². The summed E-state index contributed by atoms with van der Waals surface area (Å²) in [6, 6.07) is 18.9. The number of carbonyl (C=O) groups is 1. The molecular weight excluding hydrogens is 547 g/mol. The first kappa shape index (κ1) is 26.4. The van der Waals surface area contributed by atoms with Gasteiger partial charge in [0.15, 0.2) is 15.5 Å². The topological polar surface area (TPSA) is 141 Å². The smallest absolute Gasteiger partial charge is 0.247 e. The number of nitrogens with zero attached hydrogens (tertiary/aromatic N) is 3. The van der Waals surface area contributed by atoms with Crippen LogP contribution in [0.1, 0.15) is 17.2 Å². The van der Waals surface area contributed by atoms with Crippen molar-refractivity contribution in [1.82, 2.24) is 14.6 Å². The van der Waals surface area contributed by atoms with Crippen molar-refractivity contribution < 1.29 is 22.3 Å². The van der Waals surface area contributed by atoms with Crippen molar-refractivity contribution in [3.05, 3.63) is 95.9 Å². The largest absolute Gasteiger partial charge is 0.495 e. The Morgan fingerprint density at radius 2 is 1.78 bits per heavy atom. The summed E-state index contributed by atoms with van der Waals surface area (Å²) in [5.41, 5.74) is 10.8. The average Bonchev–Trinajstić information content (AvgIpc) is 3.51. The summed E-state index contributed by atoms with van der Waals surface area (Å²) in [6.07, 6.45) is 2.28. The van der Waals surface area contributed by atoms with E-state index in [1.54, 1.807) is 22.7 Å². The SMILES string of the molecule is COc1cc2c(cc1Nc1nc3ccc(-c4ccc(NC(=O)[C@H](N)c5ccc(F)cc5)cc4)cn3n1)CCS2(=O)=O. The summed E-state index contributed by atoms with van der Waals surface area (Å²) < 4.78 is 44.8. The van der Waals surface area contributed by atoms with E-state index in [-0.39, 0.29) is 5.75 Å². The molecule has 0 unspecified atom stereocenters. The third-order valence-corrected chi connectivity index (χ3v) is 8.72. The van der Waals surface area contributed by atoms with Crippen molar-refractivity contribution in [3.63, 3.8) is 0 Å². The van der Waals surface area contributed by atoms with Gasteiger partial charge in [0, 0.05) is 23.5 Å². The van der Waals surface area contributed by atoms with Crippen molar-refractivity contribution in [2.75, 3.05) is 23.5 Å². The number of pyridine rings is 1. The molecule has 0 saturated carbocycles. The number of benzene rings is 3. The van der Waals surface area contributed by atoms with E-state index in [0.29, 0.717) is 45.6 Å². The number of aryl methyl sites for hydroxylation is 1. The maximum Gasteiger partial charge on any atom is 0.247 e. The predicted molar refractivity (Wildman–Crippen MR) is 152 cm³/mol. The quantitative estimate of drug-likeness (QED) is 0.263. The van der Waals surface area contributed by atoms with Crippen LogP contribution < -0.4 is 21.1 Å². The summed E-state index contributed by atoms with van der Waals surface area (Å²) >= 11 is 0. The number of hydrogen-bond donors (Lipinski definition) is 3. The Labute approximate surface area is 234 Å². The van der Waals surface area contributed by atoms with Crippen LogP contribution in [0.3, 0.4) is 0 Å². The first-order chi connectivity index (χ1) is 19.7. The van der Waals surface area contributed by atoms with E-state index in [1.807, 2.05) is 30.5 Å². The van der Waals surface area contributed by atoms with Crippen LogP contribution in [0.15, 0.2) is 83.9 Å². The monoisotopic (exact) mass is 572 g/mol. The number of sulfone groups is 1. The Kier molecular flexibility index (Phi) is 6.64. The van der Waals surface area contributed by atoms with Crippen LogP contribution in [0.25, 0.3) is 16.8 Å². The minimum atomic E-state index is -3.29. The molecule has 208 valence electrons. The highest BCUT2D eigenvalue weighted by Crippen LogP contribution is 2.36. The van der Waals surface area contributed by atoms with Gasteiger partial charge >= 0.3 is 0 Å². The van der Waals surface area contributed by atoms with Gasteiger partial charge in [-0.05, 0) is 65.6 Å². The summed E-state index contributed by atoms with van der Waals surface area (Å²) in [5.74, 6) is 0.0000600. The number of halogens is 1. The van der Waals surface area contributed by atoms with Crippen molar-refractivity contribution in [2.24, 2.45) is 5.73 Å². The number of nitrogens with one attached hydrogen (secondary N) is 2. The van der Waals surface area contributed by atoms with E-state index in [0.717, 1.165) is 16.7 Å². The number of carbonyl (C=O) groups excluding carboxylic acids is 1. The predicted octanol–water partition coefficient (Wildman–Crippen LogP) is 4.26. The Bertz CT molecular complexity index is 1890. The highest BCUT2D eigenvalue weighted by atomic mass is 32.2. The lowest BCUT2D eigenvalue weighted by Crippen LogP contribution is -2.27. The molecule has 1 aliphatic heterocycles. The lowest BCUT2D eigenvalue weighted by atomic mass is 10.1. The maximum absolute atomic E-state index is 13.2.